The maximum absolute atomic E-state index is 12.3. The van der Waals surface area contributed by atoms with Crippen molar-refractivity contribution < 1.29 is 14.7 Å². The number of carboxylic acids is 1. The zero-order valence-electron chi connectivity index (χ0n) is 19.3. The smallest absolute Gasteiger partial charge is 0.329 e. The van der Waals surface area contributed by atoms with E-state index in [2.05, 4.69) is 12.2 Å². The molecule has 28 heavy (non-hydrogen) atoms. The van der Waals surface area contributed by atoms with Gasteiger partial charge < -0.3 is 15.3 Å². The number of hydrogen-bond acceptors (Lipinski definition) is 3. The SMILES string of the molecule is CC.CC.CCCNCC(=O)N(C)C(C)(Cc1ccc(CCC)cc1)C(=O)O. The number of nitrogens with zero attached hydrogens (tertiary/aromatic N) is 1. The van der Waals surface area contributed by atoms with Gasteiger partial charge in [-0.3, -0.25) is 4.79 Å². The Kier molecular flexibility index (Phi) is 16.3. The van der Waals surface area contributed by atoms with Crippen molar-refractivity contribution in [2.24, 2.45) is 0 Å². The van der Waals surface area contributed by atoms with Crippen molar-refractivity contribution in [2.45, 2.75) is 79.7 Å². The monoisotopic (exact) mass is 394 g/mol. The van der Waals surface area contributed by atoms with Crippen molar-refractivity contribution >= 4 is 11.9 Å². The molecule has 1 atom stereocenters. The summed E-state index contributed by atoms with van der Waals surface area (Å²) in [4.78, 5) is 25.5. The van der Waals surface area contributed by atoms with Gasteiger partial charge in [0.25, 0.3) is 0 Å². The summed E-state index contributed by atoms with van der Waals surface area (Å²) in [5.74, 6) is -1.21. The van der Waals surface area contributed by atoms with Crippen LogP contribution in [-0.4, -0.2) is 47.6 Å². The summed E-state index contributed by atoms with van der Waals surface area (Å²) in [7, 11) is 1.57. The first kappa shape index (κ1) is 28.3. The van der Waals surface area contributed by atoms with Crippen LogP contribution in [0, 0.1) is 0 Å². The minimum Gasteiger partial charge on any atom is -0.479 e. The highest BCUT2D eigenvalue weighted by atomic mass is 16.4. The van der Waals surface area contributed by atoms with Gasteiger partial charge >= 0.3 is 5.97 Å². The Morgan fingerprint density at radius 3 is 1.93 bits per heavy atom. The Hall–Kier alpha value is -1.88. The number of hydrogen-bond donors (Lipinski definition) is 2. The molecule has 0 aliphatic heterocycles. The quantitative estimate of drug-likeness (QED) is 0.572. The van der Waals surface area contributed by atoms with Crippen LogP contribution in [0.5, 0.6) is 0 Å². The molecule has 1 aromatic rings. The van der Waals surface area contributed by atoms with Crippen LogP contribution in [0.15, 0.2) is 24.3 Å². The molecule has 1 amide bonds. The van der Waals surface area contributed by atoms with Gasteiger partial charge in [-0.25, -0.2) is 4.79 Å². The molecular formula is C23H42N2O3. The van der Waals surface area contributed by atoms with E-state index in [0.717, 1.165) is 31.4 Å². The number of likely N-dealkylation sites (N-methyl/N-ethyl adjacent to an activating group) is 1. The molecule has 1 aromatic carbocycles. The predicted molar refractivity (Wildman–Crippen MR) is 119 cm³/mol. The molecule has 0 saturated heterocycles. The van der Waals surface area contributed by atoms with Crippen LogP contribution >= 0.6 is 0 Å². The number of aliphatic carboxylic acids is 1. The molecule has 0 aliphatic rings. The first-order valence-electron chi connectivity index (χ1n) is 10.6. The third-order valence-electron chi connectivity index (χ3n) is 4.39. The van der Waals surface area contributed by atoms with Gasteiger partial charge in [-0.05, 0) is 37.4 Å². The molecule has 1 unspecified atom stereocenters. The van der Waals surface area contributed by atoms with Gasteiger partial charge in [0.1, 0.15) is 5.54 Å². The fourth-order valence-electron chi connectivity index (χ4n) is 2.61. The molecule has 0 spiro atoms. The van der Waals surface area contributed by atoms with E-state index < -0.39 is 11.5 Å². The Morgan fingerprint density at radius 2 is 1.50 bits per heavy atom. The topological polar surface area (TPSA) is 69.6 Å². The lowest BCUT2D eigenvalue weighted by molar-refractivity contribution is -0.156. The van der Waals surface area contributed by atoms with Crippen LogP contribution in [0.1, 0.15) is 72.4 Å². The summed E-state index contributed by atoms with van der Waals surface area (Å²) in [6.45, 7) is 14.6. The Labute approximate surface area is 172 Å². The highest BCUT2D eigenvalue weighted by molar-refractivity contribution is 5.87. The zero-order chi connectivity index (χ0) is 22.2. The van der Waals surface area contributed by atoms with Gasteiger partial charge in [-0.2, -0.15) is 0 Å². The predicted octanol–water partition coefficient (Wildman–Crippen LogP) is 4.54. The standard InChI is InChI=1S/C19H30N2O3.2C2H6/c1-5-7-15-8-10-16(11-9-15)13-19(3,18(23)24)21(4)17(22)14-20-12-6-2;2*1-2/h8-11,20H,5-7,12-14H2,1-4H3,(H,23,24);2*1-2H3. The average molecular weight is 395 g/mol. The Bertz CT molecular complexity index is 543. The van der Waals surface area contributed by atoms with Crippen LogP contribution in [-0.2, 0) is 22.4 Å². The summed E-state index contributed by atoms with van der Waals surface area (Å²) >= 11 is 0. The van der Waals surface area contributed by atoms with E-state index >= 15 is 0 Å². The van der Waals surface area contributed by atoms with Crippen LogP contribution in [0.25, 0.3) is 0 Å². The largest absolute Gasteiger partial charge is 0.479 e. The summed E-state index contributed by atoms with van der Waals surface area (Å²) in [6, 6.07) is 7.98. The molecule has 0 aromatic heterocycles. The fourth-order valence-corrected chi connectivity index (χ4v) is 2.61. The van der Waals surface area contributed by atoms with E-state index in [1.807, 2.05) is 58.9 Å². The third kappa shape index (κ3) is 9.36. The Morgan fingerprint density at radius 1 is 1.00 bits per heavy atom. The summed E-state index contributed by atoms with van der Waals surface area (Å²) in [5, 5.41) is 12.7. The molecule has 0 aliphatic carbocycles. The summed E-state index contributed by atoms with van der Waals surface area (Å²) < 4.78 is 0. The summed E-state index contributed by atoms with van der Waals surface area (Å²) in [5.41, 5.74) is 0.893. The van der Waals surface area contributed by atoms with Gasteiger partial charge in [0.05, 0.1) is 6.54 Å². The number of benzene rings is 1. The second-order valence-corrected chi connectivity index (χ2v) is 6.45. The van der Waals surface area contributed by atoms with E-state index in [0.29, 0.717) is 0 Å². The minimum absolute atomic E-state index is 0.155. The number of carbonyl (C=O) groups is 2. The molecule has 1 rings (SSSR count). The van der Waals surface area contributed by atoms with Crippen molar-refractivity contribution in [1.29, 1.82) is 0 Å². The molecule has 5 nitrogen and oxygen atoms in total. The molecule has 2 N–H and O–H groups in total. The second-order valence-electron chi connectivity index (χ2n) is 6.45. The Balaban J connectivity index is 0. The van der Waals surface area contributed by atoms with Gasteiger partial charge in [0.2, 0.25) is 5.91 Å². The van der Waals surface area contributed by atoms with Crippen molar-refractivity contribution in [1.82, 2.24) is 10.2 Å². The molecule has 0 fully saturated rings. The van der Waals surface area contributed by atoms with E-state index in [1.165, 1.54) is 10.5 Å². The molecule has 0 radical (unpaired) electrons. The lowest BCUT2D eigenvalue weighted by Crippen LogP contribution is -2.56. The van der Waals surface area contributed by atoms with Crippen molar-refractivity contribution in [3.8, 4) is 0 Å². The molecule has 0 bridgehead atoms. The van der Waals surface area contributed by atoms with E-state index in [4.69, 9.17) is 0 Å². The summed E-state index contributed by atoms with van der Waals surface area (Å²) in [6.07, 6.45) is 3.30. The van der Waals surface area contributed by atoms with Gasteiger partial charge in [-0.1, -0.05) is 72.2 Å². The van der Waals surface area contributed by atoms with Crippen LogP contribution in [0.2, 0.25) is 0 Å². The number of nitrogens with one attached hydrogen (secondary N) is 1. The fraction of sp³-hybridized carbons (Fsp3) is 0.652. The average Bonchev–Trinajstić information content (AvgIpc) is 2.72. The normalized spacial score (nSPS) is 11.9. The first-order valence-corrected chi connectivity index (χ1v) is 10.6. The van der Waals surface area contributed by atoms with Gasteiger partial charge in [0.15, 0.2) is 0 Å². The molecule has 5 heteroatoms. The van der Waals surface area contributed by atoms with E-state index in [9.17, 15) is 14.7 Å². The van der Waals surface area contributed by atoms with E-state index in [1.54, 1.807) is 14.0 Å². The van der Waals surface area contributed by atoms with Gasteiger partial charge in [-0.15, -0.1) is 0 Å². The number of amides is 1. The molecule has 0 heterocycles. The van der Waals surface area contributed by atoms with Crippen LogP contribution in [0.3, 0.4) is 0 Å². The number of aryl methyl sites for hydroxylation is 1. The van der Waals surface area contributed by atoms with Crippen molar-refractivity contribution in [3.05, 3.63) is 35.4 Å². The maximum atomic E-state index is 12.3. The highest BCUT2D eigenvalue weighted by Gasteiger charge is 2.40. The lowest BCUT2D eigenvalue weighted by atomic mass is 9.90. The minimum atomic E-state index is -1.27. The maximum Gasteiger partial charge on any atom is 0.329 e. The lowest BCUT2D eigenvalue weighted by Gasteiger charge is -2.35. The van der Waals surface area contributed by atoms with E-state index in [-0.39, 0.29) is 18.9 Å². The van der Waals surface area contributed by atoms with Crippen LogP contribution in [0.4, 0.5) is 0 Å². The zero-order valence-corrected chi connectivity index (χ0v) is 19.3. The molecule has 162 valence electrons. The van der Waals surface area contributed by atoms with Crippen molar-refractivity contribution in [2.75, 3.05) is 20.1 Å². The third-order valence-corrected chi connectivity index (χ3v) is 4.39. The second kappa shape index (κ2) is 16.1. The number of carboxylic acid groups (broad SMARTS) is 1. The first-order chi connectivity index (χ1) is 13.3. The van der Waals surface area contributed by atoms with Crippen molar-refractivity contribution in [3.63, 3.8) is 0 Å². The van der Waals surface area contributed by atoms with Crippen LogP contribution < -0.4 is 5.32 Å². The number of rotatable bonds is 10. The molecular weight excluding hydrogens is 352 g/mol. The number of carbonyl (C=O) groups excluding carboxylic acids is 1. The van der Waals surface area contributed by atoms with Gasteiger partial charge in [0, 0.05) is 13.5 Å². The highest BCUT2D eigenvalue weighted by Crippen LogP contribution is 2.21. The molecule has 0 saturated carbocycles.